The van der Waals surface area contributed by atoms with Gasteiger partial charge in [-0.05, 0) is 25.7 Å². The molecule has 12 nitrogen and oxygen atoms in total. The fourth-order valence-corrected chi connectivity index (χ4v) is 9.38. The molecule has 2 aromatic heterocycles. The highest BCUT2D eigenvalue weighted by Gasteiger charge is 2.53. The lowest BCUT2D eigenvalue weighted by Crippen LogP contribution is -2.66. The monoisotopic (exact) mass is 770 g/mol. The van der Waals surface area contributed by atoms with Gasteiger partial charge in [-0.3, -0.25) is 19.6 Å². The van der Waals surface area contributed by atoms with Crippen molar-refractivity contribution < 1.29 is 19.1 Å². The number of hydrogen-bond donors (Lipinski definition) is 2. The lowest BCUT2D eigenvalue weighted by Gasteiger charge is -2.59. The van der Waals surface area contributed by atoms with E-state index in [1.165, 1.54) is 0 Å². The van der Waals surface area contributed by atoms with E-state index in [-0.39, 0.29) is 22.6 Å². The molecule has 0 radical (unpaired) electrons. The zero-order chi connectivity index (χ0) is 37.8. The summed E-state index contributed by atoms with van der Waals surface area (Å²) in [6, 6.07) is 12.2. The van der Waals surface area contributed by atoms with E-state index in [1.54, 1.807) is 40.5 Å². The molecule has 2 aliphatic carbocycles. The van der Waals surface area contributed by atoms with E-state index in [1.807, 2.05) is 46.2 Å². The first-order chi connectivity index (χ1) is 26.0. The van der Waals surface area contributed by atoms with E-state index < -0.39 is 0 Å². The molecule has 0 atom stereocenters. The molecule has 0 unspecified atom stereocenters. The number of ether oxygens (including phenoxy) is 2. The van der Waals surface area contributed by atoms with Crippen LogP contribution in [0.5, 0.6) is 11.8 Å². The van der Waals surface area contributed by atoms with Crippen LogP contribution < -0.4 is 20.1 Å². The van der Waals surface area contributed by atoms with Crippen LogP contribution in [0.3, 0.4) is 0 Å². The molecule has 4 aliphatic rings. The average molecular weight is 772 g/mol. The first-order valence-corrected chi connectivity index (χ1v) is 19.1. The number of methoxy groups -OCH3 is 2. The summed E-state index contributed by atoms with van der Waals surface area (Å²) in [6.45, 7) is 7.74. The molecule has 14 heteroatoms. The minimum absolute atomic E-state index is 0.150. The van der Waals surface area contributed by atoms with Gasteiger partial charge in [-0.15, -0.1) is 0 Å². The van der Waals surface area contributed by atoms with Crippen LogP contribution >= 0.6 is 23.2 Å². The summed E-state index contributed by atoms with van der Waals surface area (Å²) < 4.78 is 11.3. The van der Waals surface area contributed by atoms with Crippen molar-refractivity contribution in [2.24, 2.45) is 10.8 Å². The fourth-order valence-electron chi connectivity index (χ4n) is 8.73. The number of halogens is 2. The second kappa shape index (κ2) is 14.4. The van der Waals surface area contributed by atoms with Gasteiger partial charge in [0, 0.05) is 98.3 Å². The van der Waals surface area contributed by atoms with Gasteiger partial charge in [-0.1, -0.05) is 59.6 Å². The van der Waals surface area contributed by atoms with E-state index >= 15 is 0 Å². The van der Waals surface area contributed by atoms with Gasteiger partial charge in [-0.25, -0.2) is 9.97 Å². The van der Waals surface area contributed by atoms with Crippen LogP contribution in [0.4, 0.5) is 0 Å². The quantitative estimate of drug-likeness (QED) is 0.193. The van der Waals surface area contributed by atoms with Gasteiger partial charge in [0.15, 0.2) is 0 Å². The first kappa shape index (κ1) is 36.6. The smallest absolute Gasteiger partial charge is 0.237 e. The Morgan fingerprint density at radius 1 is 0.685 bits per heavy atom. The second-order valence-corrected chi connectivity index (χ2v) is 16.2. The lowest BCUT2D eigenvalue weighted by atomic mass is 9.60. The van der Waals surface area contributed by atoms with Gasteiger partial charge in [0.1, 0.15) is 11.4 Å². The van der Waals surface area contributed by atoms with Crippen LogP contribution in [0, 0.1) is 10.8 Å². The SMILES string of the molecule is COc1nc(-c2cccc(-c3cccc(-c4cnc(CNC5CC6(C5)CN(C(C)=O)C6)c(OC)n4)c3Cl)c2Cl)cnc1CNC1CC2(C1)CN(C(C)=O)C2. The van der Waals surface area contributed by atoms with E-state index in [2.05, 4.69) is 10.6 Å². The van der Waals surface area contributed by atoms with Crippen LogP contribution in [-0.4, -0.2) is 94.0 Å². The van der Waals surface area contributed by atoms with Crippen molar-refractivity contribution >= 4 is 35.0 Å². The van der Waals surface area contributed by atoms with Gasteiger partial charge < -0.3 is 29.9 Å². The molecule has 54 heavy (non-hydrogen) atoms. The second-order valence-electron chi connectivity index (χ2n) is 15.5. The van der Waals surface area contributed by atoms with Crippen LogP contribution in [-0.2, 0) is 22.7 Å². The normalized spacial score (nSPS) is 19.5. The highest BCUT2D eigenvalue weighted by Crippen LogP contribution is 2.49. The van der Waals surface area contributed by atoms with Crippen LogP contribution in [0.25, 0.3) is 33.6 Å². The predicted octanol–water partition coefficient (Wildman–Crippen LogP) is 5.79. The number of carbonyl (C=O) groups excluding carboxylic acids is 2. The Bertz CT molecular complexity index is 1950. The summed E-state index contributed by atoms with van der Waals surface area (Å²) in [5.74, 6) is 1.17. The molecule has 4 fully saturated rings. The van der Waals surface area contributed by atoms with Gasteiger partial charge in [0.25, 0.3) is 0 Å². The predicted molar refractivity (Wildman–Crippen MR) is 206 cm³/mol. The van der Waals surface area contributed by atoms with Crippen molar-refractivity contribution in [3.05, 3.63) is 70.2 Å². The van der Waals surface area contributed by atoms with Crippen LogP contribution in [0.1, 0.15) is 50.9 Å². The Balaban J connectivity index is 0.942. The van der Waals surface area contributed by atoms with E-state index in [4.69, 9.17) is 52.6 Å². The van der Waals surface area contributed by atoms with E-state index in [0.29, 0.717) is 69.5 Å². The van der Waals surface area contributed by atoms with E-state index in [9.17, 15) is 9.59 Å². The molecule has 4 aromatic rings. The Labute approximate surface area is 325 Å². The minimum atomic E-state index is 0.150. The number of amides is 2. The van der Waals surface area contributed by atoms with E-state index in [0.717, 1.165) is 74.4 Å². The lowest BCUT2D eigenvalue weighted by molar-refractivity contribution is -0.150. The molecule has 282 valence electrons. The number of hydrogen-bond acceptors (Lipinski definition) is 10. The Morgan fingerprint density at radius 3 is 1.41 bits per heavy atom. The van der Waals surface area contributed by atoms with Gasteiger partial charge >= 0.3 is 0 Å². The number of benzene rings is 2. The molecule has 2 saturated carbocycles. The standard InChI is InChI=1S/C40H44Cl2N8O4/c1-23(51)49-19-39(20-49)11-25(12-39)43-17-33-37(53-3)47-31(15-45-33)29-9-5-7-27(35(29)41)28-8-6-10-30(36(28)42)32-16-46-34(38(48-32)54-4)18-44-26-13-40(14-26)21-50(22-40)24(2)52/h5-10,15-16,25-26,43-44H,11-14,17-22H2,1-4H3. The highest BCUT2D eigenvalue weighted by atomic mass is 35.5. The van der Waals surface area contributed by atoms with Gasteiger partial charge in [0.2, 0.25) is 23.6 Å². The third-order valence-corrected chi connectivity index (χ3v) is 12.5. The first-order valence-electron chi connectivity index (χ1n) is 18.3. The summed E-state index contributed by atoms with van der Waals surface area (Å²) in [5.41, 5.74) is 6.02. The molecule has 4 heterocycles. The van der Waals surface area contributed by atoms with Crippen molar-refractivity contribution in [2.45, 2.75) is 64.7 Å². The molecule has 2 spiro atoms. The van der Waals surface area contributed by atoms with Crippen LogP contribution in [0.15, 0.2) is 48.8 Å². The van der Waals surface area contributed by atoms with Crippen molar-refractivity contribution in [2.75, 3.05) is 40.4 Å². The number of likely N-dealkylation sites (tertiary alicyclic amines) is 2. The summed E-state index contributed by atoms with van der Waals surface area (Å²) in [4.78, 5) is 46.0. The largest absolute Gasteiger partial charge is 0.480 e. The maximum absolute atomic E-state index is 11.6. The molecule has 8 rings (SSSR count). The number of aromatic nitrogens is 4. The van der Waals surface area contributed by atoms with Crippen molar-refractivity contribution in [1.82, 2.24) is 40.4 Å². The summed E-state index contributed by atoms with van der Waals surface area (Å²) >= 11 is 14.2. The highest BCUT2D eigenvalue weighted by molar-refractivity contribution is 6.39. The molecular weight excluding hydrogens is 727 g/mol. The average Bonchev–Trinajstić information content (AvgIpc) is 3.09. The molecule has 2 aliphatic heterocycles. The Kier molecular flexibility index (Phi) is 9.74. The maximum Gasteiger partial charge on any atom is 0.237 e. The molecule has 2 amide bonds. The summed E-state index contributed by atoms with van der Waals surface area (Å²) in [6.07, 6.45) is 7.63. The summed E-state index contributed by atoms with van der Waals surface area (Å²) in [7, 11) is 3.18. The van der Waals surface area contributed by atoms with Gasteiger partial charge in [0.05, 0.1) is 48.0 Å². The zero-order valence-corrected chi connectivity index (χ0v) is 32.4. The molecule has 2 N–H and O–H groups in total. The number of carbonyl (C=O) groups is 2. The zero-order valence-electron chi connectivity index (χ0n) is 30.9. The molecule has 2 aromatic carbocycles. The van der Waals surface area contributed by atoms with Crippen LogP contribution in [0.2, 0.25) is 10.0 Å². The Hall–Kier alpha value is -4.36. The number of rotatable bonds is 11. The molecule has 2 saturated heterocycles. The molecule has 0 bridgehead atoms. The number of nitrogens with zero attached hydrogens (tertiary/aromatic N) is 6. The third kappa shape index (κ3) is 6.78. The third-order valence-electron chi connectivity index (χ3n) is 11.7. The molecular formula is C40H44Cl2N8O4. The maximum atomic E-state index is 11.6. The van der Waals surface area contributed by atoms with Gasteiger partial charge in [-0.2, -0.15) is 0 Å². The summed E-state index contributed by atoms with van der Waals surface area (Å²) in [5, 5.41) is 8.13. The Morgan fingerprint density at radius 2 is 1.06 bits per heavy atom. The number of nitrogens with one attached hydrogen (secondary N) is 2. The van der Waals surface area contributed by atoms with Crippen molar-refractivity contribution in [3.8, 4) is 45.4 Å². The van der Waals surface area contributed by atoms with Crippen molar-refractivity contribution in [3.63, 3.8) is 0 Å². The minimum Gasteiger partial charge on any atom is -0.480 e. The topological polar surface area (TPSA) is 135 Å². The van der Waals surface area contributed by atoms with Crippen molar-refractivity contribution in [1.29, 1.82) is 0 Å². The fraction of sp³-hybridized carbons (Fsp3) is 0.450.